The first-order chi connectivity index (χ1) is 12.4. The molecule has 0 heterocycles. The summed E-state index contributed by atoms with van der Waals surface area (Å²) in [6.45, 7) is 1.44. The molecule has 7 heteroatoms. The van der Waals surface area contributed by atoms with Crippen LogP contribution in [-0.4, -0.2) is 39.2 Å². The standard InChI is InChI=1S/C19H19FO6/c1-11(16(21)12-5-7-13(20)8-6-12)26-19(22)14-9-10-15(23-2)18(25-4)17(14)24-3/h5-11H,1-4H3/t11-/m1/s1. The molecule has 138 valence electrons. The first-order valence-electron chi connectivity index (χ1n) is 7.72. The Kier molecular flexibility index (Phi) is 6.16. The van der Waals surface area contributed by atoms with Crippen LogP contribution in [0.15, 0.2) is 36.4 Å². The summed E-state index contributed by atoms with van der Waals surface area (Å²) in [6, 6.07) is 7.98. The minimum atomic E-state index is -1.06. The highest BCUT2D eigenvalue weighted by atomic mass is 19.1. The van der Waals surface area contributed by atoms with Gasteiger partial charge in [-0.15, -0.1) is 0 Å². The summed E-state index contributed by atoms with van der Waals surface area (Å²) >= 11 is 0. The van der Waals surface area contributed by atoms with Gasteiger partial charge in [-0.1, -0.05) is 0 Å². The van der Waals surface area contributed by atoms with Crippen LogP contribution in [0.4, 0.5) is 4.39 Å². The quantitative estimate of drug-likeness (QED) is 0.556. The molecule has 0 aliphatic carbocycles. The van der Waals surface area contributed by atoms with E-state index in [2.05, 4.69) is 0 Å². The fraction of sp³-hybridized carbons (Fsp3) is 0.263. The van der Waals surface area contributed by atoms with Gasteiger partial charge in [-0.05, 0) is 43.3 Å². The molecule has 0 spiro atoms. The molecule has 0 radical (unpaired) electrons. The zero-order valence-electron chi connectivity index (χ0n) is 14.9. The van der Waals surface area contributed by atoms with Crippen LogP contribution >= 0.6 is 0 Å². The highest BCUT2D eigenvalue weighted by Gasteiger charge is 2.25. The van der Waals surface area contributed by atoms with Gasteiger partial charge in [0.1, 0.15) is 11.4 Å². The summed E-state index contributed by atoms with van der Waals surface area (Å²) in [5.74, 6) is -0.901. The van der Waals surface area contributed by atoms with Crippen LogP contribution in [0.25, 0.3) is 0 Å². The Morgan fingerprint density at radius 1 is 0.885 bits per heavy atom. The monoisotopic (exact) mass is 362 g/mol. The van der Waals surface area contributed by atoms with Gasteiger partial charge in [0, 0.05) is 5.56 Å². The predicted octanol–water partition coefficient (Wildman–Crippen LogP) is 3.28. The van der Waals surface area contributed by atoms with Gasteiger partial charge in [-0.3, -0.25) is 4.79 Å². The average molecular weight is 362 g/mol. The summed E-state index contributed by atoms with van der Waals surface area (Å²) in [4.78, 5) is 24.8. The molecule has 0 N–H and O–H groups in total. The molecule has 0 unspecified atom stereocenters. The molecule has 2 aromatic carbocycles. The van der Waals surface area contributed by atoms with Gasteiger partial charge in [-0.25, -0.2) is 9.18 Å². The maximum absolute atomic E-state index is 13.0. The smallest absolute Gasteiger partial charge is 0.342 e. The van der Waals surface area contributed by atoms with E-state index in [1.807, 2.05) is 0 Å². The van der Waals surface area contributed by atoms with E-state index in [0.717, 1.165) is 0 Å². The Labute approximate surface area is 150 Å². The SMILES string of the molecule is COc1ccc(C(=O)O[C@H](C)C(=O)c2ccc(F)cc2)c(OC)c1OC. The van der Waals surface area contributed by atoms with Gasteiger partial charge in [0.05, 0.1) is 21.3 Å². The maximum atomic E-state index is 13.0. The summed E-state index contributed by atoms with van der Waals surface area (Å²) in [7, 11) is 4.25. The topological polar surface area (TPSA) is 71.1 Å². The molecule has 0 amide bonds. The lowest BCUT2D eigenvalue weighted by Gasteiger charge is -2.17. The zero-order chi connectivity index (χ0) is 19.3. The third kappa shape index (κ3) is 3.93. The highest BCUT2D eigenvalue weighted by molar-refractivity contribution is 6.02. The van der Waals surface area contributed by atoms with Gasteiger partial charge in [-0.2, -0.15) is 0 Å². The number of carbonyl (C=O) groups excluding carboxylic acids is 2. The molecule has 1 atom stereocenters. The van der Waals surface area contributed by atoms with Crippen LogP contribution < -0.4 is 14.2 Å². The van der Waals surface area contributed by atoms with Gasteiger partial charge in [0.25, 0.3) is 0 Å². The van der Waals surface area contributed by atoms with Crippen molar-refractivity contribution in [2.75, 3.05) is 21.3 Å². The number of hydrogen-bond acceptors (Lipinski definition) is 6. The van der Waals surface area contributed by atoms with Gasteiger partial charge in [0.15, 0.2) is 17.6 Å². The second-order valence-corrected chi connectivity index (χ2v) is 5.30. The van der Waals surface area contributed by atoms with Crippen molar-refractivity contribution in [2.24, 2.45) is 0 Å². The highest BCUT2D eigenvalue weighted by Crippen LogP contribution is 2.40. The Morgan fingerprint density at radius 3 is 2.04 bits per heavy atom. The number of hydrogen-bond donors (Lipinski definition) is 0. The van der Waals surface area contributed by atoms with Crippen molar-refractivity contribution in [1.82, 2.24) is 0 Å². The summed E-state index contributed by atoms with van der Waals surface area (Å²) in [5.41, 5.74) is 0.329. The van der Waals surface area contributed by atoms with Crippen LogP contribution in [0.3, 0.4) is 0 Å². The number of esters is 1. The molecular formula is C19H19FO6. The fourth-order valence-electron chi connectivity index (χ4n) is 2.39. The van der Waals surface area contributed by atoms with Gasteiger partial charge < -0.3 is 18.9 Å². The summed E-state index contributed by atoms with van der Waals surface area (Å²) in [5, 5.41) is 0. The average Bonchev–Trinajstić information content (AvgIpc) is 2.66. The lowest BCUT2D eigenvalue weighted by atomic mass is 10.1. The molecule has 0 fully saturated rings. The number of ether oxygens (including phenoxy) is 4. The predicted molar refractivity (Wildman–Crippen MR) is 91.7 cm³/mol. The molecule has 0 aliphatic rings. The molecule has 0 saturated carbocycles. The maximum Gasteiger partial charge on any atom is 0.342 e. The van der Waals surface area contributed by atoms with Crippen molar-refractivity contribution in [3.8, 4) is 17.2 Å². The van der Waals surface area contributed by atoms with Crippen molar-refractivity contribution < 1.29 is 32.9 Å². The van der Waals surface area contributed by atoms with Crippen LogP contribution in [0.1, 0.15) is 27.6 Å². The van der Waals surface area contributed by atoms with Gasteiger partial charge >= 0.3 is 5.97 Å². The minimum Gasteiger partial charge on any atom is -0.493 e. The lowest BCUT2D eigenvalue weighted by molar-refractivity contribution is 0.0315. The number of benzene rings is 2. The Hall–Kier alpha value is -3.09. The van der Waals surface area contributed by atoms with Crippen LogP contribution in [0.2, 0.25) is 0 Å². The molecule has 6 nitrogen and oxygen atoms in total. The minimum absolute atomic E-state index is 0.0870. The van der Waals surface area contributed by atoms with Crippen molar-refractivity contribution in [2.45, 2.75) is 13.0 Å². The summed E-state index contributed by atoms with van der Waals surface area (Å²) in [6.07, 6.45) is -1.06. The van der Waals surface area contributed by atoms with E-state index in [4.69, 9.17) is 18.9 Å². The van der Waals surface area contributed by atoms with E-state index < -0.39 is 23.7 Å². The molecule has 2 aromatic rings. The van der Waals surface area contributed by atoms with E-state index in [0.29, 0.717) is 5.75 Å². The normalized spacial score (nSPS) is 11.4. The van der Waals surface area contributed by atoms with Gasteiger partial charge in [0.2, 0.25) is 11.5 Å². The molecular weight excluding hydrogens is 343 g/mol. The third-order valence-electron chi connectivity index (χ3n) is 3.71. The molecule has 0 saturated heterocycles. The van der Waals surface area contributed by atoms with Crippen LogP contribution in [0.5, 0.6) is 17.2 Å². The lowest BCUT2D eigenvalue weighted by Crippen LogP contribution is -2.24. The summed E-state index contributed by atoms with van der Waals surface area (Å²) < 4.78 is 33.8. The second kappa shape index (κ2) is 8.33. The largest absolute Gasteiger partial charge is 0.493 e. The van der Waals surface area contributed by atoms with Crippen LogP contribution in [0, 0.1) is 5.82 Å². The molecule has 0 aliphatic heterocycles. The number of halogens is 1. The number of Topliss-reactive ketones (excluding diaryl/α,β-unsaturated/α-hetero) is 1. The molecule has 0 aromatic heterocycles. The van der Waals surface area contributed by atoms with E-state index in [1.165, 1.54) is 64.7 Å². The molecule has 0 bridgehead atoms. The zero-order valence-corrected chi connectivity index (χ0v) is 14.9. The van der Waals surface area contributed by atoms with E-state index >= 15 is 0 Å². The second-order valence-electron chi connectivity index (χ2n) is 5.30. The van der Waals surface area contributed by atoms with Crippen molar-refractivity contribution in [3.05, 3.63) is 53.3 Å². The Balaban J connectivity index is 2.23. The van der Waals surface area contributed by atoms with Crippen molar-refractivity contribution >= 4 is 11.8 Å². The fourth-order valence-corrected chi connectivity index (χ4v) is 2.39. The first-order valence-corrected chi connectivity index (χ1v) is 7.72. The number of carbonyl (C=O) groups is 2. The molecule has 26 heavy (non-hydrogen) atoms. The molecule has 2 rings (SSSR count). The third-order valence-corrected chi connectivity index (χ3v) is 3.71. The Morgan fingerprint density at radius 2 is 1.50 bits per heavy atom. The van der Waals surface area contributed by atoms with E-state index in [9.17, 15) is 14.0 Å². The number of methoxy groups -OCH3 is 3. The Bertz CT molecular complexity index is 800. The number of rotatable bonds is 7. The van der Waals surface area contributed by atoms with E-state index in [-0.39, 0.29) is 22.6 Å². The van der Waals surface area contributed by atoms with Crippen LogP contribution in [-0.2, 0) is 4.74 Å². The number of ketones is 1. The van der Waals surface area contributed by atoms with Crippen molar-refractivity contribution in [3.63, 3.8) is 0 Å². The first kappa shape index (κ1) is 19.2. The van der Waals surface area contributed by atoms with Crippen molar-refractivity contribution in [1.29, 1.82) is 0 Å². The van der Waals surface area contributed by atoms with E-state index in [1.54, 1.807) is 0 Å².